The molecule has 3 aromatic carbocycles. The van der Waals surface area contributed by atoms with Crippen LogP contribution in [0.2, 0.25) is 0 Å². The van der Waals surface area contributed by atoms with Crippen molar-refractivity contribution in [3.05, 3.63) is 87.3 Å². The third-order valence-electron chi connectivity index (χ3n) is 4.96. The van der Waals surface area contributed by atoms with E-state index < -0.39 is 11.6 Å². The second-order valence-electron chi connectivity index (χ2n) is 6.77. The van der Waals surface area contributed by atoms with Crippen LogP contribution < -0.4 is 5.63 Å². The molecule has 4 aromatic rings. The summed E-state index contributed by atoms with van der Waals surface area (Å²) < 4.78 is 10.7. The predicted octanol–water partition coefficient (Wildman–Crippen LogP) is 4.63. The summed E-state index contributed by atoms with van der Waals surface area (Å²) in [5.41, 5.74) is 2.51. The minimum Gasteiger partial charge on any atom is -0.507 e. The zero-order valence-electron chi connectivity index (χ0n) is 15.5. The van der Waals surface area contributed by atoms with Crippen LogP contribution in [-0.4, -0.2) is 11.1 Å². The molecule has 1 N–H and O–H groups in total. The summed E-state index contributed by atoms with van der Waals surface area (Å²) in [7, 11) is 0. The highest BCUT2D eigenvalue weighted by Crippen LogP contribution is 2.27. The Hall–Kier alpha value is -3.60. The van der Waals surface area contributed by atoms with Crippen LogP contribution in [0.4, 0.5) is 0 Å². The second-order valence-corrected chi connectivity index (χ2v) is 6.77. The lowest BCUT2D eigenvalue weighted by molar-refractivity contribution is 0.0470. The van der Waals surface area contributed by atoms with Gasteiger partial charge in [0.2, 0.25) is 0 Å². The van der Waals surface area contributed by atoms with Gasteiger partial charge in [0, 0.05) is 17.0 Å². The quantitative estimate of drug-likeness (QED) is 0.418. The number of rotatable bonds is 3. The summed E-state index contributed by atoms with van der Waals surface area (Å²) in [5, 5.41) is 12.6. The van der Waals surface area contributed by atoms with Crippen molar-refractivity contribution in [2.24, 2.45) is 0 Å². The van der Waals surface area contributed by atoms with Crippen LogP contribution in [0, 0.1) is 13.8 Å². The van der Waals surface area contributed by atoms with Crippen molar-refractivity contribution in [2.45, 2.75) is 20.5 Å². The van der Waals surface area contributed by atoms with Crippen molar-refractivity contribution < 1.29 is 19.1 Å². The highest BCUT2D eigenvalue weighted by molar-refractivity contribution is 5.98. The fourth-order valence-corrected chi connectivity index (χ4v) is 3.26. The van der Waals surface area contributed by atoms with Crippen LogP contribution in [0.1, 0.15) is 27.0 Å². The fraction of sp³-hybridized carbons (Fsp3) is 0.130. The van der Waals surface area contributed by atoms with Crippen molar-refractivity contribution in [1.29, 1.82) is 0 Å². The Kier molecular flexibility index (Phi) is 4.35. The van der Waals surface area contributed by atoms with E-state index in [0.29, 0.717) is 11.1 Å². The molecule has 4 rings (SSSR count). The van der Waals surface area contributed by atoms with Crippen LogP contribution in [0.3, 0.4) is 0 Å². The third kappa shape index (κ3) is 3.11. The third-order valence-corrected chi connectivity index (χ3v) is 4.96. The number of carbonyl (C=O) groups is 1. The van der Waals surface area contributed by atoms with E-state index in [2.05, 4.69) is 0 Å². The molecular weight excluding hydrogens is 356 g/mol. The zero-order valence-corrected chi connectivity index (χ0v) is 15.5. The Morgan fingerprint density at radius 3 is 2.50 bits per heavy atom. The SMILES string of the molecule is Cc1ccc2c(COC(=O)c3cc4ccccc4cc3O)cc(=O)oc2c1C. The lowest BCUT2D eigenvalue weighted by Crippen LogP contribution is -2.08. The molecule has 0 saturated carbocycles. The molecule has 28 heavy (non-hydrogen) atoms. The number of phenolic OH excluding ortho intramolecular Hbond substituents is 1. The van der Waals surface area contributed by atoms with Gasteiger partial charge in [0.15, 0.2) is 0 Å². The monoisotopic (exact) mass is 374 g/mol. The Morgan fingerprint density at radius 1 is 1.04 bits per heavy atom. The molecule has 0 amide bonds. The van der Waals surface area contributed by atoms with E-state index in [1.807, 2.05) is 50.2 Å². The number of benzene rings is 3. The van der Waals surface area contributed by atoms with Crippen LogP contribution in [0.25, 0.3) is 21.7 Å². The van der Waals surface area contributed by atoms with Crippen molar-refractivity contribution in [2.75, 3.05) is 0 Å². The molecule has 0 aliphatic rings. The number of phenols is 1. The average molecular weight is 374 g/mol. The number of hydrogen-bond donors (Lipinski definition) is 1. The smallest absolute Gasteiger partial charge is 0.342 e. The summed E-state index contributed by atoms with van der Waals surface area (Å²) in [6.45, 7) is 3.71. The van der Waals surface area contributed by atoms with Crippen molar-refractivity contribution in [1.82, 2.24) is 0 Å². The first-order valence-electron chi connectivity index (χ1n) is 8.86. The van der Waals surface area contributed by atoms with Gasteiger partial charge in [0.25, 0.3) is 0 Å². The topological polar surface area (TPSA) is 76.7 Å². The molecule has 0 fully saturated rings. The summed E-state index contributed by atoms with van der Waals surface area (Å²) in [4.78, 5) is 24.5. The summed E-state index contributed by atoms with van der Waals surface area (Å²) >= 11 is 0. The highest BCUT2D eigenvalue weighted by Gasteiger charge is 2.16. The molecule has 140 valence electrons. The molecule has 1 aromatic heterocycles. The molecule has 0 radical (unpaired) electrons. The molecular formula is C23H18O5. The number of aromatic hydroxyl groups is 1. The van der Waals surface area contributed by atoms with Gasteiger partial charge in [-0.2, -0.15) is 0 Å². The number of ether oxygens (including phenoxy) is 1. The van der Waals surface area contributed by atoms with E-state index in [1.165, 1.54) is 12.1 Å². The molecule has 0 aliphatic heterocycles. The standard InChI is InChI=1S/C23H18O5/c1-13-7-8-18-17(11-21(25)28-22(18)14(13)2)12-27-23(26)19-9-15-5-3-4-6-16(15)10-20(19)24/h3-11,24H,12H2,1-2H3. The number of aryl methyl sites for hydroxylation is 2. The Bertz CT molecular complexity index is 1280. The van der Waals surface area contributed by atoms with E-state index in [4.69, 9.17) is 9.15 Å². The summed E-state index contributed by atoms with van der Waals surface area (Å²) in [5.74, 6) is -0.805. The van der Waals surface area contributed by atoms with Gasteiger partial charge in [0.05, 0.1) is 0 Å². The van der Waals surface area contributed by atoms with Gasteiger partial charge in [-0.25, -0.2) is 9.59 Å². The average Bonchev–Trinajstić information content (AvgIpc) is 2.68. The fourth-order valence-electron chi connectivity index (χ4n) is 3.26. The molecule has 0 unspecified atom stereocenters. The Morgan fingerprint density at radius 2 is 1.75 bits per heavy atom. The molecule has 1 heterocycles. The second kappa shape index (κ2) is 6.85. The predicted molar refractivity (Wildman–Crippen MR) is 107 cm³/mol. The summed E-state index contributed by atoms with van der Waals surface area (Å²) in [6.07, 6.45) is 0. The van der Waals surface area contributed by atoms with E-state index in [0.717, 1.165) is 27.3 Å². The van der Waals surface area contributed by atoms with Crippen molar-refractivity contribution in [3.8, 4) is 5.75 Å². The maximum atomic E-state index is 12.5. The normalized spacial score (nSPS) is 11.1. The molecule has 0 bridgehead atoms. The van der Waals surface area contributed by atoms with E-state index >= 15 is 0 Å². The van der Waals surface area contributed by atoms with Crippen LogP contribution in [0.15, 0.2) is 63.8 Å². The molecule has 0 aliphatic carbocycles. The summed E-state index contributed by atoms with van der Waals surface area (Å²) in [6, 6.07) is 15.6. The van der Waals surface area contributed by atoms with Crippen molar-refractivity contribution >= 4 is 27.7 Å². The highest BCUT2D eigenvalue weighted by atomic mass is 16.5. The largest absolute Gasteiger partial charge is 0.507 e. The molecule has 5 heteroatoms. The van der Waals surface area contributed by atoms with Crippen LogP contribution in [-0.2, 0) is 11.3 Å². The van der Waals surface area contributed by atoms with Gasteiger partial charge >= 0.3 is 11.6 Å². The maximum absolute atomic E-state index is 12.5. The first-order valence-corrected chi connectivity index (χ1v) is 8.86. The molecule has 0 saturated heterocycles. The van der Waals surface area contributed by atoms with Crippen LogP contribution >= 0.6 is 0 Å². The lowest BCUT2D eigenvalue weighted by Gasteiger charge is -2.11. The molecule has 0 spiro atoms. The number of esters is 1. The number of carbonyl (C=O) groups excluding carboxylic acids is 1. The zero-order chi connectivity index (χ0) is 19.8. The van der Waals surface area contributed by atoms with Gasteiger partial charge in [-0.05, 0) is 47.9 Å². The van der Waals surface area contributed by atoms with Gasteiger partial charge in [-0.15, -0.1) is 0 Å². The van der Waals surface area contributed by atoms with Gasteiger partial charge in [0.1, 0.15) is 23.5 Å². The molecule has 5 nitrogen and oxygen atoms in total. The Balaban J connectivity index is 1.67. The van der Waals surface area contributed by atoms with Crippen molar-refractivity contribution in [3.63, 3.8) is 0 Å². The van der Waals surface area contributed by atoms with Gasteiger partial charge < -0.3 is 14.3 Å². The minimum atomic E-state index is -0.659. The minimum absolute atomic E-state index is 0.0815. The number of fused-ring (bicyclic) bond motifs is 2. The first kappa shape index (κ1) is 17.8. The number of hydrogen-bond acceptors (Lipinski definition) is 5. The maximum Gasteiger partial charge on any atom is 0.342 e. The first-order chi connectivity index (χ1) is 13.4. The van der Waals surface area contributed by atoms with Gasteiger partial charge in [-0.1, -0.05) is 36.4 Å². The van der Waals surface area contributed by atoms with Gasteiger partial charge in [-0.3, -0.25) is 0 Å². The van der Waals surface area contributed by atoms with Crippen LogP contribution in [0.5, 0.6) is 5.75 Å². The van der Waals surface area contributed by atoms with E-state index in [9.17, 15) is 14.7 Å². The lowest BCUT2D eigenvalue weighted by atomic mass is 10.0. The Labute approximate surface area is 160 Å². The van der Waals surface area contributed by atoms with E-state index in [-0.39, 0.29) is 17.9 Å². The molecule has 0 atom stereocenters. The van der Waals surface area contributed by atoms with E-state index in [1.54, 1.807) is 6.07 Å².